The Balaban J connectivity index is 2.12. The van der Waals surface area contributed by atoms with Gasteiger partial charge in [0.25, 0.3) is 5.91 Å². The minimum Gasteiger partial charge on any atom is -0.481 e. The van der Waals surface area contributed by atoms with Gasteiger partial charge in [-0.1, -0.05) is 0 Å². The SMILES string of the molecule is COc1ccc(NC(=O)c2ccc(NN)c(C)c2)cn1. The molecule has 0 saturated carbocycles. The molecule has 1 aromatic carbocycles. The van der Waals surface area contributed by atoms with Crippen LogP contribution >= 0.6 is 0 Å². The summed E-state index contributed by atoms with van der Waals surface area (Å²) in [6, 6.07) is 8.64. The van der Waals surface area contributed by atoms with E-state index < -0.39 is 0 Å². The first kappa shape index (κ1) is 13.8. The lowest BCUT2D eigenvalue weighted by Crippen LogP contribution is -2.13. The number of methoxy groups -OCH3 is 1. The Hall–Kier alpha value is -2.60. The minimum absolute atomic E-state index is 0.205. The Morgan fingerprint density at radius 2 is 2.10 bits per heavy atom. The van der Waals surface area contributed by atoms with Gasteiger partial charge in [-0.05, 0) is 36.8 Å². The summed E-state index contributed by atoms with van der Waals surface area (Å²) in [6.07, 6.45) is 1.54. The molecule has 2 rings (SSSR count). The van der Waals surface area contributed by atoms with Gasteiger partial charge in [0.15, 0.2) is 0 Å². The molecule has 0 radical (unpaired) electrons. The van der Waals surface area contributed by atoms with Crippen LogP contribution in [0.5, 0.6) is 5.88 Å². The van der Waals surface area contributed by atoms with Gasteiger partial charge in [0.1, 0.15) is 0 Å². The van der Waals surface area contributed by atoms with Crippen molar-refractivity contribution < 1.29 is 9.53 Å². The largest absolute Gasteiger partial charge is 0.481 e. The zero-order valence-corrected chi connectivity index (χ0v) is 11.3. The number of nitrogen functional groups attached to an aromatic ring is 1. The lowest BCUT2D eigenvalue weighted by molar-refractivity contribution is 0.102. The molecule has 1 heterocycles. The summed E-state index contributed by atoms with van der Waals surface area (Å²) in [5.41, 5.74) is 5.41. The molecule has 4 N–H and O–H groups in total. The fourth-order valence-electron chi connectivity index (χ4n) is 1.75. The van der Waals surface area contributed by atoms with Gasteiger partial charge < -0.3 is 15.5 Å². The molecule has 104 valence electrons. The van der Waals surface area contributed by atoms with Crippen LogP contribution in [0.1, 0.15) is 15.9 Å². The van der Waals surface area contributed by atoms with Crippen molar-refractivity contribution in [2.24, 2.45) is 5.84 Å². The van der Waals surface area contributed by atoms with Gasteiger partial charge >= 0.3 is 0 Å². The molecule has 6 heteroatoms. The van der Waals surface area contributed by atoms with E-state index in [-0.39, 0.29) is 5.91 Å². The molecule has 0 aliphatic carbocycles. The first-order valence-electron chi connectivity index (χ1n) is 6.02. The van der Waals surface area contributed by atoms with E-state index in [2.05, 4.69) is 15.7 Å². The molecule has 0 spiro atoms. The molecule has 6 nitrogen and oxygen atoms in total. The number of aryl methyl sites for hydroxylation is 1. The second-order valence-corrected chi connectivity index (χ2v) is 4.22. The minimum atomic E-state index is -0.205. The van der Waals surface area contributed by atoms with E-state index in [4.69, 9.17) is 10.6 Å². The highest BCUT2D eigenvalue weighted by molar-refractivity contribution is 6.04. The monoisotopic (exact) mass is 272 g/mol. The third kappa shape index (κ3) is 3.04. The summed E-state index contributed by atoms with van der Waals surface area (Å²) in [7, 11) is 1.54. The number of nitrogens with two attached hydrogens (primary N) is 1. The number of aromatic nitrogens is 1. The number of carbonyl (C=O) groups is 1. The number of amides is 1. The predicted molar refractivity (Wildman–Crippen MR) is 77.7 cm³/mol. The van der Waals surface area contributed by atoms with E-state index >= 15 is 0 Å². The van der Waals surface area contributed by atoms with Crippen molar-refractivity contribution in [3.8, 4) is 5.88 Å². The molecule has 0 unspecified atom stereocenters. The number of carbonyl (C=O) groups excluding carboxylic acids is 1. The van der Waals surface area contributed by atoms with Crippen LogP contribution < -0.4 is 21.3 Å². The van der Waals surface area contributed by atoms with Crippen molar-refractivity contribution in [3.63, 3.8) is 0 Å². The quantitative estimate of drug-likeness (QED) is 0.584. The third-order valence-electron chi connectivity index (χ3n) is 2.85. The smallest absolute Gasteiger partial charge is 0.255 e. The Kier molecular flexibility index (Phi) is 4.17. The van der Waals surface area contributed by atoms with Crippen LogP contribution in [0.2, 0.25) is 0 Å². The standard InChI is InChI=1S/C14H16N4O2/c1-9-7-10(3-5-12(9)18-15)14(19)17-11-4-6-13(20-2)16-8-11/h3-8,18H,15H2,1-2H3,(H,17,19). The molecule has 0 aliphatic heterocycles. The number of pyridine rings is 1. The van der Waals surface area contributed by atoms with Crippen molar-refractivity contribution in [1.29, 1.82) is 0 Å². The fraction of sp³-hybridized carbons (Fsp3) is 0.143. The number of benzene rings is 1. The summed E-state index contributed by atoms with van der Waals surface area (Å²) in [4.78, 5) is 16.1. The van der Waals surface area contributed by atoms with E-state index in [1.54, 1.807) is 36.5 Å². The highest BCUT2D eigenvalue weighted by Gasteiger charge is 2.08. The maximum absolute atomic E-state index is 12.1. The van der Waals surface area contributed by atoms with E-state index in [9.17, 15) is 4.79 Å². The van der Waals surface area contributed by atoms with Crippen LogP contribution in [0.3, 0.4) is 0 Å². The second-order valence-electron chi connectivity index (χ2n) is 4.22. The highest BCUT2D eigenvalue weighted by Crippen LogP contribution is 2.17. The molecule has 1 amide bonds. The van der Waals surface area contributed by atoms with Gasteiger partial charge in [0, 0.05) is 11.6 Å². The topological polar surface area (TPSA) is 89.3 Å². The third-order valence-corrected chi connectivity index (χ3v) is 2.85. The number of anilines is 2. The zero-order chi connectivity index (χ0) is 14.5. The van der Waals surface area contributed by atoms with Gasteiger partial charge in [-0.3, -0.25) is 10.6 Å². The summed E-state index contributed by atoms with van der Waals surface area (Å²) < 4.78 is 4.96. The molecule has 1 aromatic heterocycles. The molecule has 2 aromatic rings. The summed E-state index contributed by atoms with van der Waals surface area (Å²) in [5, 5.41) is 2.77. The van der Waals surface area contributed by atoms with Crippen molar-refractivity contribution in [2.75, 3.05) is 17.9 Å². The van der Waals surface area contributed by atoms with Crippen LogP contribution in [-0.2, 0) is 0 Å². The fourth-order valence-corrected chi connectivity index (χ4v) is 1.75. The first-order chi connectivity index (χ1) is 9.63. The summed E-state index contributed by atoms with van der Waals surface area (Å²) in [6.45, 7) is 1.88. The molecule has 0 aliphatic rings. The van der Waals surface area contributed by atoms with Crippen LogP contribution in [-0.4, -0.2) is 18.0 Å². The Bertz CT molecular complexity index is 611. The molecular weight excluding hydrogens is 256 g/mol. The number of hydrogen-bond donors (Lipinski definition) is 3. The van der Waals surface area contributed by atoms with Gasteiger partial charge in [-0.25, -0.2) is 4.98 Å². The van der Waals surface area contributed by atoms with E-state index in [0.717, 1.165) is 11.3 Å². The number of rotatable bonds is 4. The Morgan fingerprint density at radius 1 is 1.30 bits per heavy atom. The molecule has 20 heavy (non-hydrogen) atoms. The molecule has 0 saturated heterocycles. The van der Waals surface area contributed by atoms with Gasteiger partial charge in [-0.2, -0.15) is 0 Å². The maximum Gasteiger partial charge on any atom is 0.255 e. The number of hydrogen-bond acceptors (Lipinski definition) is 5. The molecule has 0 atom stereocenters. The van der Waals surface area contributed by atoms with Crippen molar-refractivity contribution in [2.45, 2.75) is 6.92 Å². The normalized spacial score (nSPS) is 9.95. The Morgan fingerprint density at radius 3 is 2.65 bits per heavy atom. The number of hydrazine groups is 1. The summed E-state index contributed by atoms with van der Waals surface area (Å²) in [5.74, 6) is 5.65. The van der Waals surface area contributed by atoms with Crippen LogP contribution in [0.4, 0.5) is 11.4 Å². The highest BCUT2D eigenvalue weighted by atomic mass is 16.5. The van der Waals surface area contributed by atoms with E-state index in [1.165, 1.54) is 7.11 Å². The number of ether oxygens (including phenoxy) is 1. The average molecular weight is 272 g/mol. The second kappa shape index (κ2) is 6.03. The van der Waals surface area contributed by atoms with Crippen LogP contribution in [0.15, 0.2) is 36.5 Å². The van der Waals surface area contributed by atoms with Gasteiger partial charge in [0.2, 0.25) is 5.88 Å². The van der Waals surface area contributed by atoms with Gasteiger partial charge in [0.05, 0.1) is 24.7 Å². The Labute approximate surface area is 116 Å². The first-order valence-corrected chi connectivity index (χ1v) is 6.02. The average Bonchev–Trinajstić information content (AvgIpc) is 2.48. The van der Waals surface area contributed by atoms with Crippen molar-refractivity contribution in [1.82, 2.24) is 4.98 Å². The number of nitrogens with zero attached hydrogens (tertiary/aromatic N) is 1. The lowest BCUT2D eigenvalue weighted by atomic mass is 10.1. The van der Waals surface area contributed by atoms with Crippen molar-refractivity contribution in [3.05, 3.63) is 47.7 Å². The van der Waals surface area contributed by atoms with Crippen LogP contribution in [0.25, 0.3) is 0 Å². The predicted octanol–water partition coefficient (Wildman–Crippen LogP) is 1.94. The molecule has 0 fully saturated rings. The zero-order valence-electron chi connectivity index (χ0n) is 11.3. The lowest BCUT2D eigenvalue weighted by Gasteiger charge is -2.09. The number of nitrogens with one attached hydrogen (secondary N) is 2. The van der Waals surface area contributed by atoms with Crippen LogP contribution in [0, 0.1) is 6.92 Å². The molecule has 0 bridgehead atoms. The summed E-state index contributed by atoms with van der Waals surface area (Å²) >= 11 is 0. The van der Waals surface area contributed by atoms with E-state index in [0.29, 0.717) is 17.1 Å². The van der Waals surface area contributed by atoms with Gasteiger partial charge in [-0.15, -0.1) is 0 Å². The maximum atomic E-state index is 12.1. The molecular formula is C14H16N4O2. The van der Waals surface area contributed by atoms with Crippen molar-refractivity contribution >= 4 is 17.3 Å². The van der Waals surface area contributed by atoms with E-state index in [1.807, 2.05) is 6.92 Å².